The number of halogens is 3. The van der Waals surface area contributed by atoms with Crippen LogP contribution >= 0.6 is 0 Å². The van der Waals surface area contributed by atoms with E-state index in [1.807, 2.05) is 0 Å². The van der Waals surface area contributed by atoms with Crippen molar-refractivity contribution in [1.29, 1.82) is 0 Å². The lowest BCUT2D eigenvalue weighted by atomic mass is 9.80. The van der Waals surface area contributed by atoms with Crippen molar-refractivity contribution >= 4 is 11.9 Å². The zero-order valence-electron chi connectivity index (χ0n) is 13.6. The minimum atomic E-state index is -4.46. The average molecular weight is 347 g/mol. The molecule has 8 heteroatoms. The summed E-state index contributed by atoms with van der Waals surface area (Å²) in [5.41, 5.74) is 4.78. The van der Waals surface area contributed by atoms with Crippen molar-refractivity contribution in [3.8, 4) is 0 Å². The summed E-state index contributed by atoms with van der Waals surface area (Å²) in [6.45, 7) is 0.443. The maximum Gasteiger partial charge on any atom is 0.408 e. The van der Waals surface area contributed by atoms with Gasteiger partial charge < -0.3 is 16.0 Å². The van der Waals surface area contributed by atoms with E-state index in [9.17, 15) is 22.8 Å². The second kappa shape index (κ2) is 6.11. The first kappa shape index (κ1) is 17.4. The van der Waals surface area contributed by atoms with Gasteiger partial charge in [0.2, 0.25) is 5.91 Å². The smallest absolute Gasteiger partial charge is 0.369 e. The number of primary amides is 1. The number of carbonyl (C=O) groups excluding carboxylic acids is 2. The highest BCUT2D eigenvalue weighted by atomic mass is 19.4. The molecule has 3 fully saturated rings. The predicted molar refractivity (Wildman–Crippen MR) is 80.9 cm³/mol. The number of fused-ring (bicyclic) bond motifs is 1. The fourth-order valence-corrected chi connectivity index (χ4v) is 4.83. The SMILES string of the molecule is NC(=O)[C@]12CCC[C@H]1CN(C(=O)NC(C1CCCC1)C(F)(F)F)C2. The number of alkyl halides is 3. The maximum absolute atomic E-state index is 13.3. The number of nitrogens with one attached hydrogen (secondary N) is 1. The Bertz CT molecular complexity index is 519. The van der Waals surface area contributed by atoms with Gasteiger partial charge in [-0.1, -0.05) is 19.3 Å². The van der Waals surface area contributed by atoms with E-state index >= 15 is 0 Å². The van der Waals surface area contributed by atoms with Crippen molar-refractivity contribution in [3.05, 3.63) is 0 Å². The van der Waals surface area contributed by atoms with E-state index in [-0.39, 0.29) is 12.5 Å². The van der Waals surface area contributed by atoms with Crippen LogP contribution in [0.3, 0.4) is 0 Å². The Morgan fingerprint density at radius 3 is 2.38 bits per heavy atom. The Hall–Kier alpha value is -1.47. The number of amides is 3. The van der Waals surface area contributed by atoms with Gasteiger partial charge in [0.05, 0.1) is 5.41 Å². The third kappa shape index (κ3) is 2.95. The van der Waals surface area contributed by atoms with Gasteiger partial charge in [-0.15, -0.1) is 0 Å². The van der Waals surface area contributed by atoms with Gasteiger partial charge in [0.15, 0.2) is 0 Å². The molecule has 0 aromatic heterocycles. The molecular formula is C16H24F3N3O2. The molecule has 1 heterocycles. The molecule has 0 bridgehead atoms. The summed E-state index contributed by atoms with van der Waals surface area (Å²) in [7, 11) is 0. The molecule has 3 aliphatic rings. The second-order valence-electron chi connectivity index (χ2n) is 7.50. The number of hydrogen-bond acceptors (Lipinski definition) is 2. The van der Waals surface area contributed by atoms with Crippen LogP contribution in [0.1, 0.15) is 44.9 Å². The molecule has 0 radical (unpaired) electrons. The van der Waals surface area contributed by atoms with Crippen molar-refractivity contribution in [2.24, 2.45) is 23.0 Å². The highest BCUT2D eigenvalue weighted by Crippen LogP contribution is 2.48. The van der Waals surface area contributed by atoms with Gasteiger partial charge in [-0.05, 0) is 37.5 Å². The Kier molecular flexibility index (Phi) is 4.42. The molecule has 1 aliphatic heterocycles. The lowest BCUT2D eigenvalue weighted by molar-refractivity contribution is -0.165. The van der Waals surface area contributed by atoms with E-state index in [2.05, 4.69) is 5.32 Å². The summed E-state index contributed by atoms with van der Waals surface area (Å²) in [6, 6.07) is -2.53. The lowest BCUT2D eigenvalue weighted by Gasteiger charge is -2.30. The summed E-state index contributed by atoms with van der Waals surface area (Å²) in [4.78, 5) is 25.6. The minimum absolute atomic E-state index is 0.0310. The normalized spacial score (nSPS) is 32.0. The third-order valence-corrected chi connectivity index (χ3v) is 6.15. The summed E-state index contributed by atoms with van der Waals surface area (Å²) in [6.07, 6.45) is 0.322. The molecule has 3 amide bonds. The fraction of sp³-hybridized carbons (Fsp3) is 0.875. The standard InChI is InChI=1S/C16H24F3N3O2/c17-16(18,19)12(10-4-1-2-5-10)21-14(24)22-8-11-6-3-7-15(11,9-22)13(20)23/h10-12H,1-9H2,(H2,20,23)(H,21,24)/t11-,12?,15-/m0/s1. The van der Waals surface area contributed by atoms with Crippen molar-refractivity contribution in [3.63, 3.8) is 0 Å². The number of likely N-dealkylation sites (tertiary alicyclic amines) is 1. The van der Waals surface area contributed by atoms with Crippen molar-refractivity contribution in [2.75, 3.05) is 13.1 Å². The molecule has 2 saturated carbocycles. The van der Waals surface area contributed by atoms with Crippen LogP contribution in [0, 0.1) is 17.3 Å². The summed E-state index contributed by atoms with van der Waals surface area (Å²) in [5, 5.41) is 2.20. The third-order valence-electron chi connectivity index (χ3n) is 6.15. The number of rotatable bonds is 3. The Morgan fingerprint density at radius 2 is 1.83 bits per heavy atom. The van der Waals surface area contributed by atoms with E-state index in [1.165, 1.54) is 4.90 Å². The van der Waals surface area contributed by atoms with Gasteiger partial charge in [-0.2, -0.15) is 13.2 Å². The van der Waals surface area contributed by atoms with Crippen LogP contribution in [-0.2, 0) is 4.79 Å². The monoisotopic (exact) mass is 347 g/mol. The number of hydrogen-bond donors (Lipinski definition) is 2. The van der Waals surface area contributed by atoms with Crippen LogP contribution in [0.5, 0.6) is 0 Å². The molecule has 0 aromatic carbocycles. The molecule has 3 N–H and O–H groups in total. The molecule has 5 nitrogen and oxygen atoms in total. The van der Waals surface area contributed by atoms with Crippen LogP contribution < -0.4 is 11.1 Å². The van der Waals surface area contributed by atoms with Crippen molar-refractivity contribution in [1.82, 2.24) is 10.2 Å². The van der Waals surface area contributed by atoms with Gasteiger partial charge in [-0.3, -0.25) is 4.79 Å². The first-order valence-corrected chi connectivity index (χ1v) is 8.66. The summed E-state index contributed by atoms with van der Waals surface area (Å²) >= 11 is 0. The zero-order valence-corrected chi connectivity index (χ0v) is 13.6. The van der Waals surface area contributed by atoms with Crippen LogP contribution in [0.15, 0.2) is 0 Å². The summed E-state index contributed by atoms with van der Waals surface area (Å²) in [5.74, 6) is -1.03. The number of nitrogens with two attached hydrogens (primary N) is 1. The first-order valence-electron chi connectivity index (χ1n) is 8.66. The molecule has 3 rings (SSSR count). The van der Waals surface area contributed by atoms with Gasteiger partial charge in [-0.25, -0.2) is 4.79 Å². The van der Waals surface area contributed by atoms with Crippen LogP contribution in [0.25, 0.3) is 0 Å². The Labute approximate surface area is 139 Å². The first-order chi connectivity index (χ1) is 11.2. The van der Waals surface area contributed by atoms with Gasteiger partial charge in [0, 0.05) is 13.1 Å². The van der Waals surface area contributed by atoms with Crippen LogP contribution in [0.2, 0.25) is 0 Å². The van der Waals surface area contributed by atoms with Gasteiger partial charge >= 0.3 is 12.2 Å². The largest absolute Gasteiger partial charge is 0.408 e. The quantitative estimate of drug-likeness (QED) is 0.823. The predicted octanol–water partition coefficient (Wildman–Crippen LogP) is 2.40. The molecule has 3 atom stereocenters. The van der Waals surface area contributed by atoms with E-state index in [0.717, 1.165) is 25.7 Å². The van der Waals surface area contributed by atoms with Crippen molar-refractivity contribution < 1.29 is 22.8 Å². The highest BCUT2D eigenvalue weighted by Gasteiger charge is 2.55. The number of urea groups is 1. The summed E-state index contributed by atoms with van der Waals surface area (Å²) < 4.78 is 40.0. The zero-order chi connectivity index (χ0) is 17.5. The second-order valence-corrected chi connectivity index (χ2v) is 7.50. The molecule has 136 valence electrons. The molecule has 1 saturated heterocycles. The van der Waals surface area contributed by atoms with E-state index < -0.39 is 35.5 Å². The molecule has 1 unspecified atom stereocenters. The fourth-order valence-electron chi connectivity index (χ4n) is 4.83. The van der Waals surface area contributed by atoms with Crippen LogP contribution in [-0.4, -0.2) is 42.1 Å². The molecular weight excluding hydrogens is 323 g/mol. The number of carbonyl (C=O) groups is 2. The highest BCUT2D eigenvalue weighted by molar-refractivity contribution is 5.84. The minimum Gasteiger partial charge on any atom is -0.369 e. The molecule has 24 heavy (non-hydrogen) atoms. The average Bonchev–Trinajstić information content (AvgIpc) is 3.17. The topological polar surface area (TPSA) is 75.4 Å². The van der Waals surface area contributed by atoms with Gasteiger partial charge in [0.25, 0.3) is 0 Å². The van der Waals surface area contributed by atoms with E-state index in [0.29, 0.717) is 25.8 Å². The molecule has 0 spiro atoms. The van der Waals surface area contributed by atoms with Crippen molar-refractivity contribution in [2.45, 2.75) is 57.2 Å². The molecule has 2 aliphatic carbocycles. The van der Waals surface area contributed by atoms with E-state index in [1.54, 1.807) is 0 Å². The maximum atomic E-state index is 13.3. The molecule has 0 aromatic rings. The number of nitrogens with zero attached hydrogens (tertiary/aromatic N) is 1. The van der Waals surface area contributed by atoms with Crippen LogP contribution in [0.4, 0.5) is 18.0 Å². The van der Waals surface area contributed by atoms with E-state index in [4.69, 9.17) is 5.73 Å². The Balaban J connectivity index is 1.69. The van der Waals surface area contributed by atoms with Gasteiger partial charge in [0.1, 0.15) is 6.04 Å². The Morgan fingerprint density at radius 1 is 1.17 bits per heavy atom. The lowest BCUT2D eigenvalue weighted by Crippen LogP contribution is -2.53.